The van der Waals surface area contributed by atoms with Crippen LogP contribution in [0.15, 0.2) is 10.9 Å². The fraction of sp³-hybridized carbons (Fsp3) is 0.647. The minimum absolute atomic E-state index is 0.114. The topological polar surface area (TPSA) is 56.4 Å². The molecule has 5 nitrogen and oxygen atoms in total. The fourth-order valence-electron chi connectivity index (χ4n) is 3.65. The Balaban J connectivity index is 1.65. The van der Waals surface area contributed by atoms with Crippen molar-refractivity contribution in [2.45, 2.75) is 32.7 Å². The predicted molar refractivity (Wildman–Crippen MR) is 94.4 cm³/mol. The van der Waals surface area contributed by atoms with Crippen molar-refractivity contribution in [1.82, 2.24) is 14.8 Å². The van der Waals surface area contributed by atoms with Crippen LogP contribution in [0, 0.1) is 13.8 Å². The molecule has 0 aromatic carbocycles. The van der Waals surface area contributed by atoms with Crippen molar-refractivity contribution in [3.8, 4) is 0 Å². The zero-order valence-electron chi connectivity index (χ0n) is 13.9. The highest BCUT2D eigenvalue weighted by Crippen LogP contribution is 2.21. The molecule has 3 rings (SSSR count). The van der Waals surface area contributed by atoms with E-state index in [2.05, 4.69) is 9.88 Å². The zero-order chi connectivity index (χ0) is 16.4. The number of rotatable bonds is 2. The molecule has 2 aliphatic rings. The molecule has 0 radical (unpaired) electrons. The first kappa shape index (κ1) is 16.6. The lowest BCUT2D eigenvalue weighted by Crippen LogP contribution is -2.49. The lowest BCUT2D eigenvalue weighted by Gasteiger charge is -2.40. The molecule has 23 heavy (non-hydrogen) atoms. The van der Waals surface area contributed by atoms with Gasteiger partial charge in [-0.25, -0.2) is 0 Å². The average Bonchev–Trinajstić information content (AvgIpc) is 2.55. The number of aryl methyl sites for hydroxylation is 2. The van der Waals surface area contributed by atoms with E-state index in [1.165, 1.54) is 24.6 Å². The van der Waals surface area contributed by atoms with Crippen LogP contribution in [0.5, 0.6) is 0 Å². The van der Waals surface area contributed by atoms with Gasteiger partial charge in [0.15, 0.2) is 0 Å². The quantitative estimate of drug-likeness (QED) is 0.893. The number of nitrogens with one attached hydrogen (secondary N) is 1. The van der Waals surface area contributed by atoms with Gasteiger partial charge in [0, 0.05) is 49.4 Å². The number of carbonyl (C=O) groups excluding carboxylic acids is 1. The fourth-order valence-corrected chi connectivity index (χ4v) is 4.59. The van der Waals surface area contributed by atoms with Crippen molar-refractivity contribution in [2.24, 2.45) is 0 Å². The SMILES string of the molecule is Cc1cc(C)c(C(=O)N2CCC(N3CCSCC3)CC2)c(=O)[nH]1. The Bertz CT molecular complexity index is 629. The molecule has 126 valence electrons. The number of pyridine rings is 1. The van der Waals surface area contributed by atoms with Gasteiger partial charge in [-0.15, -0.1) is 0 Å². The van der Waals surface area contributed by atoms with Crippen LogP contribution in [0.1, 0.15) is 34.5 Å². The summed E-state index contributed by atoms with van der Waals surface area (Å²) in [6.07, 6.45) is 2.03. The third kappa shape index (κ3) is 3.63. The molecule has 1 amide bonds. The number of thioether (sulfide) groups is 1. The summed E-state index contributed by atoms with van der Waals surface area (Å²) in [6, 6.07) is 2.46. The Morgan fingerprint density at radius 1 is 1.17 bits per heavy atom. The van der Waals surface area contributed by atoms with E-state index in [-0.39, 0.29) is 11.5 Å². The Morgan fingerprint density at radius 3 is 2.43 bits per heavy atom. The molecule has 2 saturated heterocycles. The lowest BCUT2D eigenvalue weighted by molar-refractivity contribution is 0.0628. The second-order valence-corrected chi connectivity index (χ2v) is 7.74. The van der Waals surface area contributed by atoms with E-state index in [0.29, 0.717) is 11.6 Å². The van der Waals surface area contributed by atoms with E-state index < -0.39 is 0 Å². The minimum atomic E-state index is -0.261. The Kier molecular flexibility index (Phi) is 5.11. The molecule has 1 N–H and O–H groups in total. The maximum Gasteiger partial charge on any atom is 0.261 e. The van der Waals surface area contributed by atoms with Crippen LogP contribution in [0.4, 0.5) is 0 Å². The van der Waals surface area contributed by atoms with Gasteiger partial charge in [-0.2, -0.15) is 11.8 Å². The van der Waals surface area contributed by atoms with E-state index >= 15 is 0 Å². The van der Waals surface area contributed by atoms with E-state index in [1.54, 1.807) is 0 Å². The summed E-state index contributed by atoms with van der Waals surface area (Å²) in [5.74, 6) is 2.32. The number of amides is 1. The molecule has 6 heteroatoms. The normalized spacial score (nSPS) is 20.7. The highest BCUT2D eigenvalue weighted by atomic mass is 32.2. The average molecular weight is 335 g/mol. The molecule has 1 aromatic heterocycles. The van der Waals surface area contributed by atoms with Crippen LogP contribution in [0.2, 0.25) is 0 Å². The number of likely N-dealkylation sites (tertiary alicyclic amines) is 1. The van der Waals surface area contributed by atoms with Gasteiger partial charge in [0.25, 0.3) is 11.5 Å². The monoisotopic (exact) mass is 335 g/mol. The molecule has 2 aliphatic heterocycles. The van der Waals surface area contributed by atoms with Crippen LogP contribution in [-0.4, -0.2) is 64.4 Å². The van der Waals surface area contributed by atoms with Crippen molar-refractivity contribution in [3.63, 3.8) is 0 Å². The van der Waals surface area contributed by atoms with Crippen molar-refractivity contribution >= 4 is 17.7 Å². The predicted octanol–water partition coefficient (Wildman–Crippen LogP) is 1.65. The van der Waals surface area contributed by atoms with E-state index in [1.807, 2.05) is 36.6 Å². The van der Waals surface area contributed by atoms with Crippen molar-refractivity contribution < 1.29 is 4.79 Å². The van der Waals surface area contributed by atoms with Crippen LogP contribution >= 0.6 is 11.8 Å². The summed E-state index contributed by atoms with van der Waals surface area (Å²) in [4.78, 5) is 32.0. The van der Waals surface area contributed by atoms with Crippen molar-refractivity contribution in [1.29, 1.82) is 0 Å². The van der Waals surface area contributed by atoms with Gasteiger partial charge < -0.3 is 9.88 Å². The van der Waals surface area contributed by atoms with Crippen molar-refractivity contribution in [3.05, 3.63) is 33.2 Å². The van der Waals surface area contributed by atoms with E-state index in [0.717, 1.165) is 37.2 Å². The van der Waals surface area contributed by atoms with Gasteiger partial charge in [0.2, 0.25) is 0 Å². The lowest BCUT2D eigenvalue weighted by atomic mass is 10.0. The molecule has 1 aromatic rings. The highest BCUT2D eigenvalue weighted by Gasteiger charge is 2.29. The van der Waals surface area contributed by atoms with Gasteiger partial charge in [-0.3, -0.25) is 14.5 Å². The smallest absolute Gasteiger partial charge is 0.261 e. The van der Waals surface area contributed by atoms with E-state index in [9.17, 15) is 9.59 Å². The third-order valence-corrected chi connectivity index (χ3v) is 5.84. The van der Waals surface area contributed by atoms with Crippen LogP contribution in [0.25, 0.3) is 0 Å². The maximum absolute atomic E-state index is 12.7. The first-order chi connectivity index (χ1) is 11.1. The summed E-state index contributed by atoms with van der Waals surface area (Å²) >= 11 is 2.03. The highest BCUT2D eigenvalue weighted by molar-refractivity contribution is 7.99. The summed E-state index contributed by atoms with van der Waals surface area (Å²) in [5, 5.41) is 0. The number of hydrogen-bond donors (Lipinski definition) is 1. The largest absolute Gasteiger partial charge is 0.338 e. The number of piperidine rings is 1. The summed E-state index contributed by atoms with van der Waals surface area (Å²) < 4.78 is 0. The van der Waals surface area contributed by atoms with Gasteiger partial charge in [-0.05, 0) is 38.3 Å². The number of nitrogens with zero attached hydrogens (tertiary/aromatic N) is 2. The first-order valence-corrected chi connectivity index (χ1v) is 9.53. The van der Waals surface area contributed by atoms with Gasteiger partial charge in [0.1, 0.15) is 5.56 Å². The molecule has 0 atom stereocenters. The maximum atomic E-state index is 12.7. The molecular formula is C17H25N3O2S. The molecule has 0 saturated carbocycles. The van der Waals surface area contributed by atoms with Gasteiger partial charge in [0.05, 0.1) is 0 Å². The standard InChI is InChI=1S/C17H25N3O2S/c1-12-11-13(2)18-16(21)15(12)17(22)20-5-3-14(4-6-20)19-7-9-23-10-8-19/h11,14H,3-10H2,1-2H3,(H,18,21). The molecule has 0 spiro atoms. The Hall–Kier alpha value is -1.27. The summed E-state index contributed by atoms with van der Waals surface area (Å²) in [5.41, 5.74) is 1.61. The second-order valence-electron chi connectivity index (χ2n) is 6.51. The molecule has 3 heterocycles. The molecule has 2 fully saturated rings. The van der Waals surface area contributed by atoms with Crippen LogP contribution in [-0.2, 0) is 0 Å². The first-order valence-electron chi connectivity index (χ1n) is 8.38. The van der Waals surface area contributed by atoms with Gasteiger partial charge >= 0.3 is 0 Å². The van der Waals surface area contributed by atoms with Crippen LogP contribution in [0.3, 0.4) is 0 Å². The third-order valence-electron chi connectivity index (χ3n) is 4.89. The number of aromatic nitrogens is 1. The molecule has 0 unspecified atom stereocenters. The minimum Gasteiger partial charge on any atom is -0.338 e. The molecule has 0 aliphatic carbocycles. The number of aromatic amines is 1. The van der Waals surface area contributed by atoms with Crippen molar-refractivity contribution in [2.75, 3.05) is 37.7 Å². The number of carbonyl (C=O) groups is 1. The second kappa shape index (κ2) is 7.09. The number of hydrogen-bond acceptors (Lipinski definition) is 4. The number of H-pyrrole nitrogens is 1. The molecule has 0 bridgehead atoms. The molecular weight excluding hydrogens is 310 g/mol. The Morgan fingerprint density at radius 2 is 1.83 bits per heavy atom. The van der Waals surface area contributed by atoms with Gasteiger partial charge in [-0.1, -0.05) is 0 Å². The Labute approximate surface area is 141 Å². The van der Waals surface area contributed by atoms with E-state index in [4.69, 9.17) is 0 Å². The van der Waals surface area contributed by atoms with Crippen LogP contribution < -0.4 is 5.56 Å². The summed E-state index contributed by atoms with van der Waals surface area (Å²) in [7, 11) is 0. The summed E-state index contributed by atoms with van der Waals surface area (Å²) in [6.45, 7) is 7.51. The zero-order valence-corrected chi connectivity index (χ0v) is 14.7.